The summed E-state index contributed by atoms with van der Waals surface area (Å²) >= 11 is 0. The Kier molecular flexibility index (Phi) is 3.57. The van der Waals surface area contributed by atoms with Crippen molar-refractivity contribution in [3.05, 3.63) is 35.4 Å². The average molecular weight is 288 g/mol. The lowest BCUT2D eigenvalue weighted by molar-refractivity contribution is -0.146. The maximum Gasteiger partial charge on any atom is 0.329 e. The van der Waals surface area contributed by atoms with Crippen LogP contribution in [-0.2, 0) is 17.9 Å². The Morgan fingerprint density at radius 1 is 1.05 bits per heavy atom. The van der Waals surface area contributed by atoms with Crippen molar-refractivity contribution in [1.29, 1.82) is 0 Å². The van der Waals surface area contributed by atoms with Crippen molar-refractivity contribution in [2.75, 3.05) is 0 Å². The zero-order chi connectivity index (χ0) is 14.9. The van der Waals surface area contributed by atoms with Gasteiger partial charge in [0.2, 0.25) is 0 Å². The molecule has 5 heteroatoms. The number of urea groups is 1. The molecule has 1 heterocycles. The van der Waals surface area contributed by atoms with Crippen LogP contribution in [0.2, 0.25) is 0 Å². The number of amides is 2. The van der Waals surface area contributed by atoms with E-state index in [-0.39, 0.29) is 6.03 Å². The minimum absolute atomic E-state index is 0.268. The molecular formula is C16H20N2O3. The van der Waals surface area contributed by atoms with Crippen molar-refractivity contribution in [3.8, 4) is 0 Å². The SMILES string of the molecule is O=C(NC1(C(=O)O)CCCCC1)N1Cc2ccccc2C1. The monoisotopic (exact) mass is 288 g/mol. The molecule has 3 rings (SSSR count). The van der Waals surface area contributed by atoms with Crippen LogP contribution in [0.3, 0.4) is 0 Å². The first kappa shape index (κ1) is 13.9. The molecule has 0 unspecified atom stereocenters. The molecule has 0 radical (unpaired) electrons. The van der Waals surface area contributed by atoms with Gasteiger partial charge in [0.25, 0.3) is 0 Å². The van der Waals surface area contributed by atoms with Gasteiger partial charge in [-0.1, -0.05) is 43.5 Å². The number of nitrogens with zero attached hydrogens (tertiary/aromatic N) is 1. The molecule has 0 aromatic heterocycles. The highest BCUT2D eigenvalue weighted by Gasteiger charge is 2.42. The van der Waals surface area contributed by atoms with Crippen molar-refractivity contribution < 1.29 is 14.7 Å². The molecule has 0 atom stereocenters. The predicted molar refractivity (Wildman–Crippen MR) is 77.7 cm³/mol. The number of benzene rings is 1. The van der Waals surface area contributed by atoms with E-state index in [1.807, 2.05) is 24.3 Å². The van der Waals surface area contributed by atoms with Crippen molar-refractivity contribution in [1.82, 2.24) is 10.2 Å². The first-order valence-corrected chi connectivity index (χ1v) is 7.48. The number of carboxylic acid groups (broad SMARTS) is 1. The zero-order valence-corrected chi connectivity index (χ0v) is 12.0. The lowest BCUT2D eigenvalue weighted by Crippen LogP contribution is -2.58. The predicted octanol–water partition coefficient (Wildman–Crippen LogP) is 2.50. The Balaban J connectivity index is 1.70. The second kappa shape index (κ2) is 5.39. The van der Waals surface area contributed by atoms with Gasteiger partial charge in [-0.3, -0.25) is 0 Å². The number of fused-ring (bicyclic) bond motifs is 1. The summed E-state index contributed by atoms with van der Waals surface area (Å²) in [6, 6.07) is 7.67. The van der Waals surface area contributed by atoms with Crippen LogP contribution >= 0.6 is 0 Å². The van der Waals surface area contributed by atoms with E-state index in [4.69, 9.17) is 0 Å². The van der Waals surface area contributed by atoms with Gasteiger partial charge in [0, 0.05) is 13.1 Å². The van der Waals surface area contributed by atoms with E-state index in [2.05, 4.69) is 5.32 Å². The molecule has 0 bridgehead atoms. The largest absolute Gasteiger partial charge is 0.480 e. The van der Waals surface area contributed by atoms with Crippen LogP contribution in [0, 0.1) is 0 Å². The van der Waals surface area contributed by atoms with E-state index in [0.717, 1.165) is 30.4 Å². The van der Waals surface area contributed by atoms with Crippen LogP contribution in [-0.4, -0.2) is 27.5 Å². The highest BCUT2D eigenvalue weighted by atomic mass is 16.4. The second-order valence-corrected chi connectivity index (χ2v) is 6.00. The van der Waals surface area contributed by atoms with Gasteiger partial charge in [-0.15, -0.1) is 0 Å². The summed E-state index contributed by atoms with van der Waals surface area (Å²) in [4.78, 5) is 25.7. The molecule has 112 valence electrons. The summed E-state index contributed by atoms with van der Waals surface area (Å²) in [5, 5.41) is 12.3. The molecule has 21 heavy (non-hydrogen) atoms. The zero-order valence-electron chi connectivity index (χ0n) is 12.0. The third-order valence-electron chi connectivity index (χ3n) is 4.59. The second-order valence-electron chi connectivity index (χ2n) is 6.00. The van der Waals surface area contributed by atoms with Crippen molar-refractivity contribution in [2.45, 2.75) is 50.7 Å². The number of hydrogen-bond donors (Lipinski definition) is 2. The van der Waals surface area contributed by atoms with Crippen molar-refractivity contribution in [3.63, 3.8) is 0 Å². The van der Waals surface area contributed by atoms with Crippen molar-refractivity contribution >= 4 is 12.0 Å². The van der Waals surface area contributed by atoms with Crippen LogP contribution in [0.5, 0.6) is 0 Å². The Morgan fingerprint density at radius 2 is 1.62 bits per heavy atom. The molecule has 2 aliphatic rings. The first-order chi connectivity index (χ1) is 10.1. The molecule has 2 N–H and O–H groups in total. The summed E-state index contributed by atoms with van der Waals surface area (Å²) in [5.74, 6) is -0.910. The van der Waals surface area contributed by atoms with E-state index in [1.165, 1.54) is 0 Å². The summed E-state index contributed by atoms with van der Waals surface area (Å²) < 4.78 is 0. The highest BCUT2D eigenvalue weighted by molar-refractivity contribution is 5.86. The van der Waals surface area contributed by atoms with Gasteiger partial charge in [0.1, 0.15) is 5.54 Å². The molecule has 1 aliphatic carbocycles. The van der Waals surface area contributed by atoms with E-state index in [9.17, 15) is 14.7 Å². The van der Waals surface area contributed by atoms with Crippen molar-refractivity contribution in [2.24, 2.45) is 0 Å². The lowest BCUT2D eigenvalue weighted by Gasteiger charge is -2.35. The van der Waals surface area contributed by atoms with Crippen LogP contribution in [0.4, 0.5) is 4.79 Å². The Bertz CT molecular complexity index is 539. The standard InChI is InChI=1S/C16H20N2O3/c19-14(20)16(8-4-1-5-9-16)17-15(21)18-10-12-6-2-3-7-13(12)11-18/h2-3,6-7H,1,4-5,8-11H2,(H,17,21)(H,19,20). The molecular weight excluding hydrogens is 268 g/mol. The number of carboxylic acids is 1. The van der Waals surface area contributed by atoms with Crippen LogP contribution in [0.15, 0.2) is 24.3 Å². The van der Waals surface area contributed by atoms with Gasteiger partial charge in [-0.05, 0) is 24.0 Å². The van der Waals surface area contributed by atoms with E-state index >= 15 is 0 Å². The molecule has 1 aromatic carbocycles. The van der Waals surface area contributed by atoms with Gasteiger partial charge >= 0.3 is 12.0 Å². The van der Waals surface area contributed by atoms with Gasteiger partial charge in [0.05, 0.1) is 0 Å². The van der Waals surface area contributed by atoms with E-state index < -0.39 is 11.5 Å². The smallest absolute Gasteiger partial charge is 0.329 e. The third kappa shape index (κ3) is 2.60. The molecule has 1 fully saturated rings. The number of aliphatic carboxylic acids is 1. The number of carbonyl (C=O) groups is 2. The molecule has 2 amide bonds. The average Bonchev–Trinajstić information content (AvgIpc) is 2.92. The van der Waals surface area contributed by atoms with Gasteiger partial charge in [-0.25, -0.2) is 9.59 Å². The molecule has 5 nitrogen and oxygen atoms in total. The molecule has 1 saturated carbocycles. The summed E-state index contributed by atoms with van der Waals surface area (Å²) in [6.45, 7) is 1.11. The van der Waals surface area contributed by atoms with Crippen LogP contribution in [0.1, 0.15) is 43.2 Å². The highest BCUT2D eigenvalue weighted by Crippen LogP contribution is 2.30. The molecule has 0 spiro atoms. The van der Waals surface area contributed by atoms with E-state index in [0.29, 0.717) is 25.9 Å². The minimum Gasteiger partial charge on any atom is -0.480 e. The summed E-state index contributed by atoms with van der Waals surface area (Å²) in [6.07, 6.45) is 3.80. The fourth-order valence-corrected chi connectivity index (χ4v) is 3.31. The summed E-state index contributed by atoms with van der Waals surface area (Å²) in [5.41, 5.74) is 1.20. The number of rotatable bonds is 2. The maximum atomic E-state index is 12.4. The molecule has 1 aliphatic heterocycles. The summed E-state index contributed by atoms with van der Waals surface area (Å²) in [7, 11) is 0. The number of hydrogen-bond acceptors (Lipinski definition) is 2. The van der Waals surface area contributed by atoms with Gasteiger partial charge in [-0.2, -0.15) is 0 Å². The fourth-order valence-electron chi connectivity index (χ4n) is 3.31. The maximum absolute atomic E-state index is 12.4. The van der Waals surface area contributed by atoms with Gasteiger partial charge in [0.15, 0.2) is 0 Å². The van der Waals surface area contributed by atoms with Gasteiger partial charge < -0.3 is 15.3 Å². The van der Waals surface area contributed by atoms with E-state index in [1.54, 1.807) is 4.90 Å². The normalized spacial score (nSPS) is 19.9. The Labute approximate surface area is 123 Å². The third-order valence-corrected chi connectivity index (χ3v) is 4.59. The minimum atomic E-state index is -1.08. The van der Waals surface area contributed by atoms with Crippen LogP contribution in [0.25, 0.3) is 0 Å². The molecule has 1 aromatic rings. The van der Waals surface area contributed by atoms with Crippen LogP contribution < -0.4 is 5.32 Å². The first-order valence-electron chi connectivity index (χ1n) is 7.48. The Morgan fingerprint density at radius 3 is 2.14 bits per heavy atom. The lowest BCUT2D eigenvalue weighted by atomic mass is 9.82. The number of nitrogens with one attached hydrogen (secondary N) is 1. The topological polar surface area (TPSA) is 69.6 Å². The number of carbonyl (C=O) groups excluding carboxylic acids is 1. The molecule has 0 saturated heterocycles. The quantitative estimate of drug-likeness (QED) is 0.878. The fraction of sp³-hybridized carbons (Fsp3) is 0.500. The Hall–Kier alpha value is -2.04.